The largest absolute Gasteiger partial charge is 0.441 e. The molecule has 2 atom stereocenters. The highest BCUT2D eigenvalue weighted by Gasteiger charge is 2.39. The monoisotopic (exact) mass is 582 g/mol. The summed E-state index contributed by atoms with van der Waals surface area (Å²) in [6.45, 7) is 4.78. The van der Waals surface area contributed by atoms with Gasteiger partial charge in [0.1, 0.15) is 11.9 Å². The molecule has 110 valence electrons. The molecule has 0 heterocycles. The summed E-state index contributed by atoms with van der Waals surface area (Å²) in [5.74, 6) is -0.278. The quantitative estimate of drug-likeness (QED) is 0.138. The van der Waals surface area contributed by atoms with E-state index in [9.17, 15) is 9.90 Å². The van der Waals surface area contributed by atoms with Crippen LogP contribution in [0.5, 0.6) is 5.75 Å². The van der Waals surface area contributed by atoms with E-state index in [1.807, 2.05) is 0 Å². The van der Waals surface area contributed by atoms with E-state index in [4.69, 9.17) is 9.47 Å². The first-order valence-electron chi connectivity index (χ1n) is 5.26. The number of hydrogen-bond donors (Lipinski definition) is 1. The second kappa shape index (κ2) is 7.57. The van der Waals surface area contributed by atoms with Crippen LogP contribution in [0.15, 0.2) is 38.2 Å². The van der Waals surface area contributed by atoms with Gasteiger partial charge in [-0.15, -0.1) is 0 Å². The van der Waals surface area contributed by atoms with Crippen molar-refractivity contribution in [3.05, 3.63) is 38.2 Å². The van der Waals surface area contributed by atoms with Gasteiger partial charge in [-0.3, -0.25) is 0 Å². The minimum absolute atomic E-state index is 0.409. The van der Waals surface area contributed by atoms with Crippen molar-refractivity contribution in [2.45, 2.75) is 16.8 Å². The molecule has 0 spiro atoms. The Kier molecular flexibility index (Phi) is 6.97. The summed E-state index contributed by atoms with van der Waals surface area (Å²) in [4.78, 5) is 11.4. The number of carbonyl (C=O) groups excluding carboxylic acids is 1. The zero-order valence-electron chi connectivity index (χ0n) is 10.2. The van der Waals surface area contributed by atoms with Crippen molar-refractivity contribution < 1.29 is 19.4 Å². The van der Waals surface area contributed by atoms with Crippen LogP contribution in [-0.2, 0) is 9.53 Å². The molecule has 1 rings (SSSR count). The highest BCUT2D eigenvalue weighted by atomic mass is 127. The molecule has 0 saturated carbocycles. The molecule has 20 heavy (non-hydrogen) atoms. The van der Waals surface area contributed by atoms with Crippen LogP contribution in [0.25, 0.3) is 0 Å². The van der Waals surface area contributed by atoms with Gasteiger partial charge < -0.3 is 14.6 Å². The summed E-state index contributed by atoms with van der Waals surface area (Å²) in [7, 11) is 0. The van der Waals surface area contributed by atoms with Crippen molar-refractivity contribution in [2.75, 3.05) is 0 Å². The molecule has 0 aromatic heterocycles. The Hall–Kier alpha value is 0.360. The fraction of sp³-hybridized carbons (Fsp3) is 0.250. The molecule has 1 aromatic carbocycles. The van der Waals surface area contributed by atoms with Crippen LogP contribution in [0.2, 0.25) is 0 Å². The number of hydrogen-bond acceptors (Lipinski definition) is 4. The predicted octanol–water partition coefficient (Wildman–Crippen LogP) is 4.55. The van der Waals surface area contributed by atoms with Crippen LogP contribution < -0.4 is 4.74 Å². The van der Waals surface area contributed by atoms with Crippen molar-refractivity contribution in [2.24, 2.45) is 0 Å². The minimum atomic E-state index is -1.56. The van der Waals surface area contributed by atoms with Crippen molar-refractivity contribution in [1.82, 2.24) is 0 Å². The summed E-state index contributed by atoms with van der Waals surface area (Å²) in [5, 5.41) is 9.81. The summed E-state index contributed by atoms with van der Waals surface area (Å²) in [5.41, 5.74) is 0. The minimum Gasteiger partial charge on any atom is -0.441 e. The number of carbonyl (C=O) groups is 1. The lowest BCUT2D eigenvalue weighted by Gasteiger charge is -2.30. The summed E-state index contributed by atoms with van der Waals surface area (Å²) in [6, 6.07) is 3.44. The van der Waals surface area contributed by atoms with Gasteiger partial charge in [-0.25, -0.2) is 4.79 Å². The molecule has 1 aromatic rings. The molecule has 0 amide bonds. The third-order valence-electron chi connectivity index (χ3n) is 2.15. The molecule has 0 saturated heterocycles. The molecule has 0 aliphatic carbocycles. The summed E-state index contributed by atoms with van der Waals surface area (Å²) in [6.07, 6.45) is -0.0487. The third-order valence-corrected chi connectivity index (χ3v) is 6.83. The lowest BCUT2D eigenvalue weighted by Crippen LogP contribution is -2.44. The number of aliphatic hydroxyl groups is 1. The standard InChI is InChI=1S/C12H10Br3IO4/c1-3-9(18)20-12(16,6(2)17)19-8-5-4-7(13)10(14)11(8)15/h3-6,17H,1H2,2H3. The maximum Gasteiger partial charge on any atom is 0.334 e. The van der Waals surface area contributed by atoms with Gasteiger partial charge in [-0.1, -0.05) is 6.58 Å². The average Bonchev–Trinajstić information content (AvgIpc) is 2.39. The Morgan fingerprint density at radius 3 is 2.55 bits per heavy atom. The maximum atomic E-state index is 11.4. The van der Waals surface area contributed by atoms with E-state index in [1.165, 1.54) is 6.92 Å². The SMILES string of the molecule is C=CC(=O)OC(I)(Oc1ccc(Br)c(Br)c1Br)C(C)O. The number of aliphatic hydroxyl groups excluding tert-OH is 1. The number of benzene rings is 1. The van der Waals surface area contributed by atoms with E-state index in [1.54, 1.807) is 34.7 Å². The Balaban J connectivity index is 3.11. The molecular weight excluding hydrogens is 575 g/mol. The molecule has 0 radical (unpaired) electrons. The van der Waals surface area contributed by atoms with Gasteiger partial charge >= 0.3 is 9.76 Å². The van der Waals surface area contributed by atoms with Crippen molar-refractivity contribution in [3.63, 3.8) is 0 Å². The first-order valence-corrected chi connectivity index (χ1v) is 8.72. The van der Waals surface area contributed by atoms with Gasteiger partial charge in [0.2, 0.25) is 0 Å². The highest BCUT2D eigenvalue weighted by Crippen LogP contribution is 2.41. The van der Waals surface area contributed by atoms with Gasteiger partial charge in [0.25, 0.3) is 0 Å². The van der Waals surface area contributed by atoms with E-state index in [0.717, 1.165) is 15.0 Å². The first kappa shape index (κ1) is 18.4. The number of esters is 1. The van der Waals surface area contributed by atoms with Gasteiger partial charge in [0, 0.05) is 37.6 Å². The predicted molar refractivity (Wildman–Crippen MR) is 94.9 cm³/mol. The Morgan fingerprint density at radius 1 is 1.45 bits per heavy atom. The Labute approximate surface area is 155 Å². The van der Waals surface area contributed by atoms with Crippen LogP contribution in [0, 0.1) is 0 Å². The molecule has 0 aliphatic heterocycles. The van der Waals surface area contributed by atoms with E-state index >= 15 is 0 Å². The molecular formula is C12H10Br3IO4. The van der Waals surface area contributed by atoms with E-state index in [2.05, 4.69) is 54.4 Å². The average molecular weight is 585 g/mol. The Bertz CT molecular complexity index is 536. The number of rotatable bonds is 5. The zero-order chi connectivity index (χ0) is 15.5. The fourth-order valence-electron chi connectivity index (χ4n) is 1.11. The van der Waals surface area contributed by atoms with Crippen molar-refractivity contribution in [3.8, 4) is 5.75 Å². The first-order chi connectivity index (χ1) is 9.21. The molecule has 0 aliphatic rings. The topological polar surface area (TPSA) is 55.8 Å². The zero-order valence-corrected chi connectivity index (χ0v) is 17.1. The number of ether oxygens (including phenoxy) is 2. The normalized spacial score (nSPS) is 15.1. The molecule has 4 nitrogen and oxygen atoms in total. The van der Waals surface area contributed by atoms with Gasteiger partial charge in [0.05, 0.1) is 4.47 Å². The van der Waals surface area contributed by atoms with Gasteiger partial charge in [0.15, 0.2) is 0 Å². The summed E-state index contributed by atoms with van der Waals surface area (Å²) < 4.78 is 11.4. The van der Waals surface area contributed by atoms with E-state index in [-0.39, 0.29) is 0 Å². The molecule has 1 N–H and O–H groups in total. The maximum absolute atomic E-state index is 11.4. The number of halogens is 4. The van der Waals surface area contributed by atoms with Crippen LogP contribution in [0.3, 0.4) is 0 Å². The molecule has 0 fully saturated rings. The summed E-state index contributed by atoms with van der Waals surface area (Å²) >= 11 is 11.8. The van der Waals surface area contributed by atoms with Crippen LogP contribution >= 0.6 is 70.4 Å². The van der Waals surface area contributed by atoms with Gasteiger partial charge in [-0.05, 0) is 66.8 Å². The Morgan fingerprint density at radius 2 is 2.05 bits per heavy atom. The molecule has 8 heteroatoms. The van der Waals surface area contributed by atoms with E-state index in [0.29, 0.717) is 10.2 Å². The van der Waals surface area contributed by atoms with Crippen LogP contribution in [0.4, 0.5) is 0 Å². The van der Waals surface area contributed by atoms with Crippen LogP contribution in [-0.4, -0.2) is 21.0 Å². The number of alkyl halides is 1. The third kappa shape index (κ3) is 4.43. The van der Waals surface area contributed by atoms with Crippen LogP contribution in [0.1, 0.15) is 6.92 Å². The van der Waals surface area contributed by atoms with Crippen molar-refractivity contribution in [1.29, 1.82) is 0 Å². The van der Waals surface area contributed by atoms with Crippen molar-refractivity contribution >= 4 is 76.4 Å². The molecule has 2 unspecified atom stereocenters. The fourth-order valence-corrected chi connectivity index (χ4v) is 2.91. The lowest BCUT2D eigenvalue weighted by molar-refractivity contribution is -0.178. The van der Waals surface area contributed by atoms with Gasteiger partial charge in [-0.2, -0.15) is 0 Å². The second-order valence-corrected chi connectivity index (χ2v) is 7.60. The van der Waals surface area contributed by atoms with E-state index < -0.39 is 15.9 Å². The highest BCUT2D eigenvalue weighted by molar-refractivity contribution is 14.1. The molecule has 0 bridgehead atoms. The smallest absolute Gasteiger partial charge is 0.334 e. The lowest BCUT2D eigenvalue weighted by atomic mass is 10.3. The second-order valence-electron chi connectivity index (χ2n) is 3.66.